The quantitative estimate of drug-likeness (QED) is 0.0444. The molecule has 0 bridgehead atoms. The molecule has 4 rings (SSSR count). The van der Waals surface area contributed by atoms with Gasteiger partial charge in [0.25, 0.3) is 11.8 Å². The Balaban J connectivity index is 1.54. The van der Waals surface area contributed by atoms with Gasteiger partial charge in [-0.05, 0) is 30.9 Å². The fourth-order valence-corrected chi connectivity index (χ4v) is 6.30. The van der Waals surface area contributed by atoms with E-state index < -0.39 is 64.1 Å². The van der Waals surface area contributed by atoms with Crippen LogP contribution in [0.15, 0.2) is 48.0 Å². The van der Waals surface area contributed by atoms with Crippen molar-refractivity contribution >= 4 is 75.7 Å². The van der Waals surface area contributed by atoms with Crippen molar-refractivity contribution in [1.82, 2.24) is 30.0 Å². The number of rotatable bonds is 12. The zero-order chi connectivity index (χ0) is 32.3. The summed E-state index contributed by atoms with van der Waals surface area (Å²) in [6.45, 7) is 2.00. The Morgan fingerprint density at radius 2 is 2.05 bits per heavy atom. The van der Waals surface area contributed by atoms with Gasteiger partial charge in [0.15, 0.2) is 16.0 Å². The maximum absolute atomic E-state index is 13.2. The Labute approximate surface area is 258 Å². The molecular formula is C23H22N8O10S3. The van der Waals surface area contributed by atoms with E-state index in [1.807, 2.05) is 5.10 Å². The molecule has 2 aromatic rings. The van der Waals surface area contributed by atoms with E-state index in [9.17, 15) is 43.8 Å². The van der Waals surface area contributed by atoms with Crippen LogP contribution in [0.3, 0.4) is 0 Å². The SMILES string of the molecule is CC(C)(ON=C(C(=O)NC1C(=O)N2C(C(=O)O)=C(C=CSc3n[nH]c(=O)c(=O)n3CC=O)CSC12)c1csc(N)n1)C(=O)O. The summed E-state index contributed by atoms with van der Waals surface area (Å²) in [5.41, 5.74) is 1.25. The molecule has 0 saturated carbocycles. The van der Waals surface area contributed by atoms with E-state index in [0.717, 1.165) is 44.3 Å². The lowest BCUT2D eigenvalue weighted by Crippen LogP contribution is -2.71. The Morgan fingerprint density at radius 3 is 2.66 bits per heavy atom. The number of hydrogen-bond donors (Lipinski definition) is 5. The Kier molecular flexibility index (Phi) is 9.39. The third-order valence-corrected chi connectivity index (χ3v) is 8.74. The molecule has 2 aliphatic heterocycles. The van der Waals surface area contributed by atoms with Crippen LogP contribution in [0, 0.1) is 0 Å². The number of thioether (sulfide) groups is 2. The normalized spacial score (nSPS) is 18.5. The molecule has 0 aliphatic carbocycles. The van der Waals surface area contributed by atoms with Gasteiger partial charge in [0.1, 0.15) is 29.1 Å². The molecule has 0 aromatic carbocycles. The number of aromatic amines is 1. The minimum atomic E-state index is -1.81. The first-order valence-electron chi connectivity index (χ1n) is 12.2. The molecule has 18 nitrogen and oxygen atoms in total. The lowest BCUT2D eigenvalue weighted by molar-refractivity contribution is -0.161. The zero-order valence-electron chi connectivity index (χ0n) is 22.6. The first-order chi connectivity index (χ1) is 20.8. The van der Waals surface area contributed by atoms with Gasteiger partial charge in [0.05, 0.1) is 6.54 Å². The highest BCUT2D eigenvalue weighted by molar-refractivity contribution is 8.02. The van der Waals surface area contributed by atoms with Crippen molar-refractivity contribution in [2.45, 2.75) is 42.6 Å². The number of H-pyrrole nitrogens is 1. The van der Waals surface area contributed by atoms with E-state index in [-0.39, 0.29) is 33.0 Å². The molecule has 44 heavy (non-hydrogen) atoms. The number of oxime groups is 1. The summed E-state index contributed by atoms with van der Waals surface area (Å²) < 4.78 is 0.844. The van der Waals surface area contributed by atoms with Crippen LogP contribution in [-0.2, 0) is 35.4 Å². The number of fused-ring (bicyclic) bond motifs is 1. The second kappa shape index (κ2) is 12.9. The minimum Gasteiger partial charge on any atom is -0.478 e. The van der Waals surface area contributed by atoms with Gasteiger partial charge >= 0.3 is 23.1 Å². The number of aliphatic carboxylic acids is 2. The highest BCUT2D eigenvalue weighted by Gasteiger charge is 2.54. The number of carbonyl (C=O) groups excluding carboxylic acids is 3. The van der Waals surface area contributed by atoms with Gasteiger partial charge < -0.3 is 30.9 Å². The minimum absolute atomic E-state index is 0.0299. The van der Waals surface area contributed by atoms with E-state index in [2.05, 4.69) is 20.6 Å². The standard InChI is InChI=1S/C23H22N8O10S3/c1-23(2,20(39)40)41-29-11(10-8-44-21(24)25-10)14(33)26-12-16(35)31-13(19(37)38)9(7-43-18(12)31)3-6-42-22-28-27-15(34)17(36)30(22)4-5-32/h3,5-6,8,12,18H,4,7H2,1-2H3,(H2,24,25)(H,26,33)(H,27,34)(H,37,38)(H,39,40). The maximum Gasteiger partial charge on any atom is 0.352 e. The average molecular weight is 667 g/mol. The van der Waals surface area contributed by atoms with Gasteiger partial charge in [0, 0.05) is 11.1 Å². The number of aldehydes is 1. The number of aromatic nitrogens is 4. The number of hydrogen-bond acceptors (Lipinski definition) is 15. The Hall–Kier alpha value is -4.76. The highest BCUT2D eigenvalue weighted by Crippen LogP contribution is 2.41. The number of carboxylic acids is 2. The van der Waals surface area contributed by atoms with Gasteiger partial charge in [-0.3, -0.25) is 28.6 Å². The van der Waals surface area contributed by atoms with Crippen LogP contribution in [-0.4, -0.2) is 93.4 Å². The lowest BCUT2D eigenvalue weighted by atomic mass is 10.0. The summed E-state index contributed by atoms with van der Waals surface area (Å²) in [5, 5.41) is 33.1. The number of nitrogens with zero attached hydrogens (tertiary/aromatic N) is 5. The molecule has 2 unspecified atom stereocenters. The number of thiazole rings is 1. The van der Waals surface area contributed by atoms with E-state index in [4.69, 9.17) is 10.6 Å². The van der Waals surface area contributed by atoms with Crippen LogP contribution in [0.5, 0.6) is 0 Å². The van der Waals surface area contributed by atoms with Crippen molar-refractivity contribution in [2.75, 3.05) is 11.5 Å². The number of carboxylic acid groups (broad SMARTS) is 2. The monoisotopic (exact) mass is 666 g/mol. The predicted octanol–water partition coefficient (Wildman–Crippen LogP) is -1.20. The molecule has 0 spiro atoms. The van der Waals surface area contributed by atoms with Crippen molar-refractivity contribution in [3.8, 4) is 0 Å². The summed E-state index contributed by atoms with van der Waals surface area (Å²) in [5.74, 6) is -4.35. The number of amides is 2. The summed E-state index contributed by atoms with van der Waals surface area (Å²) >= 11 is 2.96. The third-order valence-electron chi connectivity index (χ3n) is 5.97. The Morgan fingerprint density at radius 1 is 1.32 bits per heavy atom. The van der Waals surface area contributed by atoms with Gasteiger partial charge in [-0.25, -0.2) is 19.7 Å². The lowest BCUT2D eigenvalue weighted by Gasteiger charge is -2.49. The van der Waals surface area contributed by atoms with Crippen LogP contribution in [0.2, 0.25) is 0 Å². The van der Waals surface area contributed by atoms with Crippen LogP contribution >= 0.6 is 34.9 Å². The van der Waals surface area contributed by atoms with Gasteiger partial charge in [0.2, 0.25) is 5.60 Å². The first kappa shape index (κ1) is 32.2. The molecule has 1 saturated heterocycles. The Bertz CT molecular complexity index is 1760. The summed E-state index contributed by atoms with van der Waals surface area (Å²) in [4.78, 5) is 94.4. The van der Waals surface area contributed by atoms with Gasteiger partial charge in [-0.2, -0.15) is 0 Å². The fraction of sp³-hybridized carbons (Fsp3) is 0.304. The molecule has 2 aromatic heterocycles. The van der Waals surface area contributed by atoms with Crippen molar-refractivity contribution in [3.05, 3.63) is 54.5 Å². The number of anilines is 1. The van der Waals surface area contributed by atoms with Gasteiger partial charge in [-0.15, -0.1) is 28.2 Å². The zero-order valence-corrected chi connectivity index (χ0v) is 25.0. The second-order valence-corrected chi connectivity index (χ2v) is 12.2. The molecule has 0 radical (unpaired) electrons. The highest BCUT2D eigenvalue weighted by atomic mass is 32.2. The van der Waals surface area contributed by atoms with Crippen LogP contribution in [0.1, 0.15) is 19.5 Å². The molecule has 4 heterocycles. The number of nitrogens with two attached hydrogens (primary N) is 1. The first-order valence-corrected chi connectivity index (χ1v) is 15.0. The van der Waals surface area contributed by atoms with Crippen LogP contribution in [0.25, 0.3) is 0 Å². The van der Waals surface area contributed by atoms with Crippen LogP contribution < -0.4 is 22.2 Å². The molecule has 2 atom stereocenters. The molecule has 6 N–H and O–H groups in total. The van der Waals surface area contributed by atoms with E-state index in [1.165, 1.54) is 30.7 Å². The molecule has 1 fully saturated rings. The predicted molar refractivity (Wildman–Crippen MR) is 156 cm³/mol. The average Bonchev–Trinajstić information content (AvgIpc) is 3.40. The van der Waals surface area contributed by atoms with E-state index in [0.29, 0.717) is 6.29 Å². The maximum atomic E-state index is 13.2. The third kappa shape index (κ3) is 6.43. The smallest absolute Gasteiger partial charge is 0.352 e. The number of nitrogen functional groups attached to an aromatic ring is 1. The van der Waals surface area contributed by atoms with Crippen molar-refractivity contribution in [2.24, 2.45) is 5.16 Å². The summed E-state index contributed by atoms with van der Waals surface area (Å²) in [6.07, 6.45) is 1.80. The molecule has 21 heteroatoms. The largest absolute Gasteiger partial charge is 0.478 e. The number of carbonyl (C=O) groups is 5. The second-order valence-electron chi connectivity index (χ2n) is 9.30. The fourth-order valence-electron chi connectivity index (χ4n) is 3.70. The number of allylic oxidation sites excluding steroid dienone is 1. The molecule has 2 aliphatic rings. The van der Waals surface area contributed by atoms with E-state index in [1.54, 1.807) is 0 Å². The molecular weight excluding hydrogens is 645 g/mol. The molecule has 232 valence electrons. The van der Waals surface area contributed by atoms with Crippen LogP contribution in [0.4, 0.5) is 5.13 Å². The summed E-state index contributed by atoms with van der Waals surface area (Å²) in [7, 11) is 0. The summed E-state index contributed by atoms with van der Waals surface area (Å²) in [6, 6.07) is -1.17. The topological polar surface area (TPSA) is 269 Å². The van der Waals surface area contributed by atoms with Crippen molar-refractivity contribution < 1.29 is 39.0 Å². The van der Waals surface area contributed by atoms with Crippen molar-refractivity contribution in [1.29, 1.82) is 0 Å². The van der Waals surface area contributed by atoms with E-state index >= 15 is 0 Å². The van der Waals surface area contributed by atoms with Crippen molar-refractivity contribution in [3.63, 3.8) is 0 Å². The number of β-lactam (4-membered cyclic amide) rings is 1. The molecule has 2 amide bonds. The van der Waals surface area contributed by atoms with Gasteiger partial charge in [-0.1, -0.05) is 16.9 Å². The number of nitrogens with one attached hydrogen (secondary N) is 2.